The molecule has 0 unspecified atom stereocenters. The lowest BCUT2D eigenvalue weighted by molar-refractivity contribution is -0.133. The summed E-state index contributed by atoms with van der Waals surface area (Å²) in [6.45, 7) is 19.1. The van der Waals surface area contributed by atoms with Gasteiger partial charge in [-0.3, -0.25) is 19.2 Å². The minimum Gasteiger partial charge on any atom is -0.483 e. The summed E-state index contributed by atoms with van der Waals surface area (Å²) in [6.07, 6.45) is 1.16. The fourth-order valence-corrected chi connectivity index (χ4v) is 10.9. The third-order valence-corrected chi connectivity index (χ3v) is 14.0. The van der Waals surface area contributed by atoms with Gasteiger partial charge in [-0.25, -0.2) is 0 Å². The molecule has 0 saturated heterocycles. The van der Waals surface area contributed by atoms with E-state index in [0.717, 1.165) is 62.4 Å². The van der Waals surface area contributed by atoms with Crippen molar-refractivity contribution < 1.29 is 38.1 Å². The number of nitrogens with zero attached hydrogens (tertiary/aromatic N) is 4. The van der Waals surface area contributed by atoms with Crippen LogP contribution in [0.4, 0.5) is 0 Å². The van der Waals surface area contributed by atoms with E-state index in [1.54, 1.807) is 19.6 Å². The number of ether oxygens (including phenoxy) is 4. The molecular weight excluding hydrogens is 1130 g/mol. The molecule has 1 aliphatic rings. The highest BCUT2D eigenvalue weighted by atomic mass is 79.9. The van der Waals surface area contributed by atoms with E-state index >= 15 is 0 Å². The zero-order chi connectivity index (χ0) is 49.7. The molecule has 368 valence electrons. The summed E-state index contributed by atoms with van der Waals surface area (Å²) in [4.78, 5) is 61.4. The van der Waals surface area contributed by atoms with Gasteiger partial charge in [0.15, 0.2) is 26.4 Å². The second kappa shape index (κ2) is 26.2. The van der Waals surface area contributed by atoms with E-state index in [9.17, 15) is 19.2 Å². The third-order valence-electron chi connectivity index (χ3n) is 12.2. The Balaban J connectivity index is 1.84. The summed E-state index contributed by atoms with van der Waals surface area (Å²) in [7, 11) is 0. The molecule has 0 radical (unpaired) electrons. The van der Waals surface area contributed by atoms with Crippen LogP contribution in [-0.4, -0.2) is 122 Å². The van der Waals surface area contributed by atoms with E-state index in [-0.39, 0.29) is 50.1 Å². The SMILES string of the molecule is CCN(CC)C(=O)COc1c2cc(Br)cc1Cc1cc(Br)cc(c1OCC(=O)N(CC)CC)Cc1cc(Br)cc(c1OCC(=O)N(CC)CC)Cc1cc(Br)cc(c1OCC(=O)N(CC)CC)C2. The number of carbonyl (C=O) groups excluding carboxylic acids is 4. The lowest BCUT2D eigenvalue weighted by Gasteiger charge is -2.25. The Morgan fingerprint density at radius 1 is 0.338 bits per heavy atom. The lowest BCUT2D eigenvalue weighted by atomic mass is 9.91. The molecule has 8 bridgehead atoms. The van der Waals surface area contributed by atoms with Crippen LogP contribution in [-0.2, 0) is 44.9 Å². The number of halogens is 4. The van der Waals surface area contributed by atoms with E-state index in [1.165, 1.54) is 0 Å². The van der Waals surface area contributed by atoms with Gasteiger partial charge in [0, 0.05) is 140 Å². The fraction of sp³-hybridized carbons (Fsp3) is 0.462. The number of hydrogen-bond donors (Lipinski definition) is 0. The van der Waals surface area contributed by atoms with Gasteiger partial charge in [0.2, 0.25) is 0 Å². The largest absolute Gasteiger partial charge is 0.483 e. The Bertz CT molecular complexity index is 2010. The molecule has 0 atom stereocenters. The Kier molecular flexibility index (Phi) is 21.1. The van der Waals surface area contributed by atoms with Crippen molar-refractivity contribution in [2.24, 2.45) is 0 Å². The Hall–Kier alpha value is -4.12. The number of benzene rings is 4. The van der Waals surface area contributed by atoms with E-state index in [1.807, 2.05) is 104 Å². The average Bonchev–Trinajstić information content (AvgIpc) is 3.29. The molecule has 68 heavy (non-hydrogen) atoms. The predicted molar refractivity (Wildman–Crippen MR) is 281 cm³/mol. The van der Waals surface area contributed by atoms with Crippen LogP contribution in [0.25, 0.3) is 0 Å². The number of amides is 4. The van der Waals surface area contributed by atoms with Gasteiger partial charge in [-0.1, -0.05) is 63.7 Å². The molecule has 4 aromatic carbocycles. The predicted octanol–water partition coefficient (Wildman–Crippen LogP) is 10.4. The van der Waals surface area contributed by atoms with Crippen molar-refractivity contribution in [3.8, 4) is 23.0 Å². The smallest absolute Gasteiger partial charge is 0.260 e. The molecule has 0 spiro atoms. The molecule has 12 nitrogen and oxygen atoms in total. The highest BCUT2D eigenvalue weighted by Crippen LogP contribution is 2.42. The average molecular weight is 1190 g/mol. The maximum Gasteiger partial charge on any atom is 0.260 e. The maximum atomic E-state index is 13.6. The number of likely N-dealkylation sites (N-methyl/N-ethyl adjacent to an activating group) is 4. The molecular formula is C52H64Br4N4O8. The van der Waals surface area contributed by atoms with Crippen molar-refractivity contribution in [1.82, 2.24) is 19.6 Å². The van der Waals surface area contributed by atoms with Crippen molar-refractivity contribution in [2.75, 3.05) is 78.8 Å². The molecule has 5 rings (SSSR count). The quantitative estimate of drug-likeness (QED) is 0.0756. The molecule has 0 N–H and O–H groups in total. The highest BCUT2D eigenvalue weighted by Gasteiger charge is 2.26. The Morgan fingerprint density at radius 3 is 0.618 bits per heavy atom. The monoisotopic (exact) mass is 1190 g/mol. The molecule has 0 aliphatic heterocycles. The zero-order valence-corrected chi connectivity index (χ0v) is 46.8. The van der Waals surface area contributed by atoms with Crippen LogP contribution < -0.4 is 18.9 Å². The number of carbonyl (C=O) groups is 4. The molecule has 0 aromatic heterocycles. The molecule has 1 aliphatic carbocycles. The van der Waals surface area contributed by atoms with Crippen molar-refractivity contribution in [3.63, 3.8) is 0 Å². The van der Waals surface area contributed by atoms with Crippen LogP contribution in [0.1, 0.15) is 99.9 Å². The first-order valence-corrected chi connectivity index (χ1v) is 26.7. The van der Waals surface area contributed by atoms with Crippen LogP contribution in [0.2, 0.25) is 0 Å². The highest BCUT2D eigenvalue weighted by molar-refractivity contribution is 9.11. The molecule has 4 aromatic rings. The topological polar surface area (TPSA) is 118 Å². The normalized spacial score (nSPS) is 11.9. The van der Waals surface area contributed by atoms with Gasteiger partial charge < -0.3 is 38.5 Å². The molecule has 0 fully saturated rings. The summed E-state index contributed by atoms with van der Waals surface area (Å²) in [5.41, 5.74) is 6.19. The van der Waals surface area contributed by atoms with Crippen LogP contribution in [0.3, 0.4) is 0 Å². The van der Waals surface area contributed by atoms with Crippen molar-refractivity contribution in [1.29, 1.82) is 0 Å². The van der Waals surface area contributed by atoms with Crippen molar-refractivity contribution >= 4 is 87.3 Å². The third kappa shape index (κ3) is 14.0. The minimum atomic E-state index is -0.191. The minimum absolute atomic E-state index is 0.145. The van der Waals surface area contributed by atoms with Crippen LogP contribution in [0, 0.1) is 0 Å². The fourth-order valence-electron chi connectivity index (χ4n) is 8.67. The van der Waals surface area contributed by atoms with Gasteiger partial charge in [-0.15, -0.1) is 0 Å². The summed E-state index contributed by atoms with van der Waals surface area (Å²) in [6, 6.07) is 15.9. The van der Waals surface area contributed by atoms with E-state index in [0.29, 0.717) is 101 Å². The second-order valence-electron chi connectivity index (χ2n) is 16.3. The first-order chi connectivity index (χ1) is 32.6. The van der Waals surface area contributed by atoms with Gasteiger partial charge in [-0.2, -0.15) is 0 Å². The Labute approximate surface area is 435 Å². The maximum absolute atomic E-state index is 13.6. The standard InChI is InChI=1S/C52H64Br4N4O8/c1-9-57(10-2)45(61)29-65-49-33-17-35-23-42(54)25-37(50(35)66-30-46(62)58(11-3)12-4)19-39-27-44(56)28-40(52(39)68-32-48(64)60(15-7)16-8)20-38-26-43(55)24-36(18-34(49)22-41(53)21-33)51(38)67-31-47(63)59(13-5)14-6/h21-28H,9-20,29-32H2,1-8H3. The van der Waals surface area contributed by atoms with Gasteiger partial charge in [-0.05, 0) is 104 Å². The van der Waals surface area contributed by atoms with Crippen molar-refractivity contribution in [2.45, 2.75) is 81.1 Å². The van der Waals surface area contributed by atoms with E-state index in [2.05, 4.69) is 63.7 Å². The number of rotatable bonds is 20. The summed E-state index contributed by atoms with van der Waals surface area (Å²) in [5, 5.41) is 0. The van der Waals surface area contributed by atoms with Crippen molar-refractivity contribution in [3.05, 3.63) is 111 Å². The van der Waals surface area contributed by atoms with Crippen LogP contribution >= 0.6 is 63.7 Å². The zero-order valence-electron chi connectivity index (χ0n) is 40.5. The van der Waals surface area contributed by atoms with Crippen LogP contribution in [0.5, 0.6) is 23.0 Å². The first kappa shape index (κ1) is 54.8. The summed E-state index contributed by atoms with van der Waals surface area (Å²) in [5.74, 6) is 1.54. The molecule has 0 saturated carbocycles. The number of fused-ring (bicyclic) bond motifs is 8. The van der Waals surface area contributed by atoms with Crippen LogP contribution in [0.15, 0.2) is 66.4 Å². The lowest BCUT2D eigenvalue weighted by Crippen LogP contribution is -2.35. The van der Waals surface area contributed by atoms with Gasteiger partial charge in [0.25, 0.3) is 23.6 Å². The second-order valence-corrected chi connectivity index (χ2v) is 20.0. The Morgan fingerprint density at radius 2 is 0.485 bits per heavy atom. The first-order valence-electron chi connectivity index (χ1n) is 23.5. The van der Waals surface area contributed by atoms with Gasteiger partial charge in [0.05, 0.1) is 0 Å². The van der Waals surface area contributed by atoms with Gasteiger partial charge >= 0.3 is 0 Å². The number of hydrogen-bond acceptors (Lipinski definition) is 8. The molecule has 4 amide bonds. The summed E-state index contributed by atoms with van der Waals surface area (Å²) >= 11 is 15.3. The molecule has 16 heteroatoms. The summed E-state index contributed by atoms with van der Waals surface area (Å²) < 4.78 is 29.8. The van der Waals surface area contributed by atoms with E-state index in [4.69, 9.17) is 18.9 Å². The molecule has 0 heterocycles. The van der Waals surface area contributed by atoms with E-state index < -0.39 is 0 Å². The van der Waals surface area contributed by atoms with Gasteiger partial charge in [0.1, 0.15) is 23.0 Å².